The first-order valence-electron chi connectivity index (χ1n) is 12.2. The summed E-state index contributed by atoms with van der Waals surface area (Å²) in [4.78, 5) is 23.5. The summed E-state index contributed by atoms with van der Waals surface area (Å²) in [5.74, 6) is 0.907. The standard InChI is InChI=1S/C24H34N8OS/c1-16-13-19(30-23(28-16)33-18-7-5-4-6-8-18)20-14-27-24(25,34-20)22-17(2)29-21(15-26-22)32-11-9-31(3)10-12-32/h13-15,18,27H,4-12,25H2,1-3H3. The van der Waals surface area contributed by atoms with Crippen molar-refractivity contribution in [2.75, 3.05) is 38.1 Å². The van der Waals surface area contributed by atoms with Crippen molar-refractivity contribution in [1.29, 1.82) is 0 Å². The number of hydrogen-bond donors (Lipinski definition) is 2. The summed E-state index contributed by atoms with van der Waals surface area (Å²) < 4.78 is 6.13. The fourth-order valence-electron chi connectivity index (χ4n) is 4.72. The van der Waals surface area contributed by atoms with Crippen LogP contribution in [0.2, 0.25) is 0 Å². The van der Waals surface area contributed by atoms with Crippen LogP contribution in [-0.2, 0) is 4.99 Å². The molecule has 1 unspecified atom stereocenters. The van der Waals surface area contributed by atoms with Gasteiger partial charge in [0, 0.05) is 38.1 Å². The first-order chi connectivity index (χ1) is 16.4. The predicted molar refractivity (Wildman–Crippen MR) is 135 cm³/mol. The van der Waals surface area contributed by atoms with Gasteiger partial charge in [0.25, 0.3) is 0 Å². The fourth-order valence-corrected chi connectivity index (χ4v) is 5.81. The highest BCUT2D eigenvalue weighted by Gasteiger charge is 2.38. The molecule has 182 valence electrons. The van der Waals surface area contributed by atoms with Crippen LogP contribution >= 0.6 is 11.8 Å². The summed E-state index contributed by atoms with van der Waals surface area (Å²) in [6, 6.07) is 2.42. The highest BCUT2D eigenvalue weighted by atomic mass is 32.2. The SMILES string of the molecule is Cc1cc(C2=CNC(N)(c3ncc(N4CCN(C)CC4)nc3C)S2)nc(OC2CCCCC2)n1. The van der Waals surface area contributed by atoms with Crippen molar-refractivity contribution >= 4 is 22.5 Å². The van der Waals surface area contributed by atoms with E-state index >= 15 is 0 Å². The van der Waals surface area contributed by atoms with Crippen LogP contribution in [0.4, 0.5) is 5.82 Å². The number of nitrogens with zero attached hydrogens (tertiary/aromatic N) is 6. The molecule has 1 saturated carbocycles. The minimum absolute atomic E-state index is 0.206. The Morgan fingerprint density at radius 3 is 2.59 bits per heavy atom. The quantitative estimate of drug-likeness (QED) is 0.661. The van der Waals surface area contributed by atoms with Crippen LogP contribution in [0, 0.1) is 13.8 Å². The molecule has 0 bridgehead atoms. The molecule has 34 heavy (non-hydrogen) atoms. The Balaban J connectivity index is 1.31. The van der Waals surface area contributed by atoms with E-state index in [1.807, 2.05) is 32.3 Å². The lowest BCUT2D eigenvalue weighted by atomic mass is 9.98. The molecule has 2 fully saturated rings. The number of hydrogen-bond acceptors (Lipinski definition) is 10. The molecule has 9 nitrogen and oxygen atoms in total. The van der Waals surface area contributed by atoms with Crippen molar-refractivity contribution in [1.82, 2.24) is 30.2 Å². The van der Waals surface area contributed by atoms with Gasteiger partial charge in [0.1, 0.15) is 17.6 Å². The van der Waals surface area contributed by atoms with Crippen molar-refractivity contribution in [3.8, 4) is 6.01 Å². The molecule has 0 aromatic carbocycles. The van der Waals surface area contributed by atoms with E-state index in [4.69, 9.17) is 25.4 Å². The third-order valence-corrected chi connectivity index (χ3v) is 7.89. The summed E-state index contributed by atoms with van der Waals surface area (Å²) >= 11 is 1.50. The molecule has 1 saturated heterocycles. The Bertz CT molecular complexity index is 1060. The molecule has 4 heterocycles. The fraction of sp³-hybridized carbons (Fsp3) is 0.583. The maximum Gasteiger partial charge on any atom is 0.317 e. The van der Waals surface area contributed by atoms with Crippen molar-refractivity contribution in [2.24, 2.45) is 5.73 Å². The average Bonchev–Trinajstić information content (AvgIpc) is 3.23. The first kappa shape index (κ1) is 23.3. The van der Waals surface area contributed by atoms with Crippen LogP contribution in [0.25, 0.3) is 4.91 Å². The Morgan fingerprint density at radius 2 is 1.85 bits per heavy atom. The Kier molecular flexibility index (Phi) is 6.63. The van der Waals surface area contributed by atoms with Crippen molar-refractivity contribution in [3.63, 3.8) is 0 Å². The number of thioether (sulfide) groups is 1. The first-order valence-corrected chi connectivity index (χ1v) is 13.0. The smallest absolute Gasteiger partial charge is 0.317 e. The lowest BCUT2D eigenvalue weighted by Crippen LogP contribution is -2.46. The van der Waals surface area contributed by atoms with Gasteiger partial charge in [-0.2, -0.15) is 4.98 Å². The lowest BCUT2D eigenvalue weighted by Gasteiger charge is -2.33. The van der Waals surface area contributed by atoms with Crippen LogP contribution in [0.1, 0.15) is 54.9 Å². The number of likely N-dealkylation sites (N-methyl/N-ethyl adjacent to an activating group) is 1. The zero-order chi connectivity index (χ0) is 23.7. The summed E-state index contributed by atoms with van der Waals surface area (Å²) in [7, 11) is 2.15. The molecular weight excluding hydrogens is 448 g/mol. The normalized spacial score (nSPS) is 24.1. The number of aryl methyl sites for hydroxylation is 2. The number of rotatable bonds is 5. The van der Waals surface area contributed by atoms with Gasteiger partial charge in [-0.25, -0.2) is 9.97 Å². The van der Waals surface area contributed by atoms with E-state index in [1.54, 1.807) is 0 Å². The second-order valence-electron chi connectivity index (χ2n) is 9.50. The van der Waals surface area contributed by atoms with Crippen LogP contribution in [0.3, 0.4) is 0 Å². The van der Waals surface area contributed by atoms with Gasteiger partial charge in [-0.3, -0.25) is 10.7 Å². The zero-order valence-electron chi connectivity index (χ0n) is 20.3. The molecule has 2 aliphatic heterocycles. The molecule has 2 aromatic rings. The van der Waals surface area contributed by atoms with Crippen LogP contribution in [0.15, 0.2) is 18.5 Å². The summed E-state index contributed by atoms with van der Waals surface area (Å²) in [5, 5.41) is 3.32. The Morgan fingerprint density at radius 1 is 1.09 bits per heavy atom. The third-order valence-electron chi connectivity index (χ3n) is 6.71. The highest BCUT2D eigenvalue weighted by molar-refractivity contribution is 8.09. The molecule has 10 heteroatoms. The summed E-state index contributed by atoms with van der Waals surface area (Å²) in [5.41, 5.74) is 10.0. The number of ether oxygens (including phenoxy) is 1. The molecule has 0 spiro atoms. The molecular formula is C24H34N8OS. The monoisotopic (exact) mass is 482 g/mol. The van der Waals surface area contributed by atoms with E-state index in [-0.39, 0.29) is 6.10 Å². The van der Waals surface area contributed by atoms with E-state index in [1.165, 1.54) is 31.0 Å². The number of nitrogens with one attached hydrogen (secondary N) is 1. The zero-order valence-corrected chi connectivity index (χ0v) is 21.1. The third kappa shape index (κ3) is 4.99. The maximum absolute atomic E-state index is 6.78. The predicted octanol–water partition coefficient (Wildman–Crippen LogP) is 2.75. The van der Waals surface area contributed by atoms with Gasteiger partial charge in [-0.15, -0.1) is 0 Å². The van der Waals surface area contributed by atoms with E-state index in [9.17, 15) is 0 Å². The van der Waals surface area contributed by atoms with Gasteiger partial charge in [0.05, 0.1) is 22.5 Å². The molecule has 1 aliphatic carbocycles. The van der Waals surface area contributed by atoms with Gasteiger partial charge in [-0.05, 0) is 52.6 Å². The molecule has 3 aliphatic rings. The molecule has 2 aromatic heterocycles. The van der Waals surface area contributed by atoms with Gasteiger partial charge >= 0.3 is 6.01 Å². The van der Waals surface area contributed by atoms with E-state index < -0.39 is 4.99 Å². The van der Waals surface area contributed by atoms with E-state index in [0.29, 0.717) is 6.01 Å². The minimum atomic E-state index is -0.906. The van der Waals surface area contributed by atoms with E-state index in [2.05, 4.69) is 27.1 Å². The van der Waals surface area contributed by atoms with Gasteiger partial charge in [-0.1, -0.05) is 18.2 Å². The van der Waals surface area contributed by atoms with Crippen molar-refractivity contribution in [3.05, 3.63) is 41.2 Å². The number of aromatic nitrogens is 4. The molecule has 5 rings (SSSR count). The largest absolute Gasteiger partial charge is 0.460 e. The summed E-state index contributed by atoms with van der Waals surface area (Å²) in [6.07, 6.45) is 9.79. The second-order valence-corrected chi connectivity index (χ2v) is 10.8. The number of nitrogens with two attached hydrogens (primary N) is 1. The van der Waals surface area contributed by atoms with Crippen molar-refractivity contribution in [2.45, 2.75) is 57.1 Å². The minimum Gasteiger partial charge on any atom is -0.460 e. The van der Waals surface area contributed by atoms with Gasteiger partial charge in [0.15, 0.2) is 4.99 Å². The molecule has 0 amide bonds. The number of anilines is 1. The van der Waals surface area contributed by atoms with Crippen LogP contribution in [-0.4, -0.2) is 64.2 Å². The van der Waals surface area contributed by atoms with Crippen LogP contribution in [0.5, 0.6) is 6.01 Å². The molecule has 1 atom stereocenters. The maximum atomic E-state index is 6.78. The molecule has 0 radical (unpaired) electrons. The average molecular weight is 483 g/mol. The number of piperazine rings is 1. The Hall–Kier alpha value is -2.43. The van der Waals surface area contributed by atoms with E-state index in [0.717, 1.165) is 72.5 Å². The second kappa shape index (κ2) is 9.67. The van der Waals surface area contributed by atoms with Crippen LogP contribution < -0.4 is 20.7 Å². The Labute approximate surface area is 205 Å². The lowest BCUT2D eigenvalue weighted by molar-refractivity contribution is 0.141. The van der Waals surface area contributed by atoms with Gasteiger partial charge < -0.3 is 19.9 Å². The van der Waals surface area contributed by atoms with Crippen molar-refractivity contribution < 1.29 is 4.74 Å². The molecule has 3 N–H and O–H groups in total. The summed E-state index contributed by atoms with van der Waals surface area (Å²) in [6.45, 7) is 7.90. The topological polar surface area (TPSA) is 105 Å². The highest BCUT2D eigenvalue weighted by Crippen LogP contribution is 2.44. The van der Waals surface area contributed by atoms with Gasteiger partial charge in [0.2, 0.25) is 0 Å².